The minimum absolute atomic E-state index is 0.0815. The van der Waals surface area contributed by atoms with Crippen molar-refractivity contribution in [3.63, 3.8) is 0 Å². The van der Waals surface area contributed by atoms with E-state index < -0.39 is 0 Å². The highest BCUT2D eigenvalue weighted by atomic mass is 16.1. The van der Waals surface area contributed by atoms with Crippen LogP contribution >= 0.6 is 0 Å². The van der Waals surface area contributed by atoms with E-state index in [1.807, 2.05) is 24.3 Å². The monoisotopic (exact) mass is 267 g/mol. The average molecular weight is 267 g/mol. The van der Waals surface area contributed by atoms with Crippen LogP contribution in [0, 0.1) is 0 Å². The molecular formula is C16H17N3O. The van der Waals surface area contributed by atoms with E-state index in [2.05, 4.69) is 10.3 Å². The number of fused-ring (bicyclic) bond motifs is 1. The highest BCUT2D eigenvalue weighted by Gasteiger charge is 2.14. The van der Waals surface area contributed by atoms with Gasteiger partial charge in [-0.3, -0.25) is 4.79 Å². The summed E-state index contributed by atoms with van der Waals surface area (Å²) < 4.78 is 0. The number of nitrogens with two attached hydrogens (primary N) is 1. The van der Waals surface area contributed by atoms with Crippen LogP contribution in [0.2, 0.25) is 0 Å². The summed E-state index contributed by atoms with van der Waals surface area (Å²) in [4.78, 5) is 16.4. The molecule has 2 aromatic rings. The third-order valence-electron chi connectivity index (χ3n) is 3.64. The lowest BCUT2D eigenvalue weighted by atomic mass is 9.97. The molecule has 0 amide bonds. The fourth-order valence-corrected chi connectivity index (χ4v) is 2.52. The summed E-state index contributed by atoms with van der Waals surface area (Å²) in [5, 5.41) is 3.35. The van der Waals surface area contributed by atoms with Crippen LogP contribution in [0.3, 0.4) is 0 Å². The molecule has 0 unspecified atom stereocenters. The molecule has 1 aromatic heterocycles. The van der Waals surface area contributed by atoms with Gasteiger partial charge < -0.3 is 11.1 Å². The number of pyridine rings is 1. The Hall–Kier alpha value is -2.36. The van der Waals surface area contributed by atoms with E-state index in [0.29, 0.717) is 12.2 Å². The normalized spacial score (nSPS) is 13.4. The summed E-state index contributed by atoms with van der Waals surface area (Å²) >= 11 is 0. The van der Waals surface area contributed by atoms with E-state index >= 15 is 0 Å². The Morgan fingerprint density at radius 2 is 2.25 bits per heavy atom. The van der Waals surface area contributed by atoms with Crippen molar-refractivity contribution in [2.75, 3.05) is 17.6 Å². The molecule has 3 rings (SSSR count). The van der Waals surface area contributed by atoms with Crippen molar-refractivity contribution in [1.29, 1.82) is 0 Å². The van der Waals surface area contributed by atoms with Crippen LogP contribution in [0.15, 0.2) is 36.5 Å². The van der Waals surface area contributed by atoms with Crippen LogP contribution in [0.1, 0.15) is 27.9 Å². The molecule has 0 fully saturated rings. The Balaban J connectivity index is 1.82. The van der Waals surface area contributed by atoms with Gasteiger partial charge in [0.1, 0.15) is 5.82 Å². The zero-order chi connectivity index (χ0) is 13.9. The van der Waals surface area contributed by atoms with Gasteiger partial charge in [0.05, 0.1) is 0 Å². The summed E-state index contributed by atoms with van der Waals surface area (Å²) in [6, 6.07) is 9.52. The van der Waals surface area contributed by atoms with Gasteiger partial charge in [-0.05, 0) is 42.7 Å². The van der Waals surface area contributed by atoms with Crippen molar-refractivity contribution in [2.24, 2.45) is 0 Å². The highest BCUT2D eigenvalue weighted by molar-refractivity contribution is 5.98. The van der Waals surface area contributed by atoms with Gasteiger partial charge in [-0.1, -0.05) is 6.07 Å². The molecule has 1 aliphatic rings. The summed E-state index contributed by atoms with van der Waals surface area (Å²) in [5.41, 5.74) is 9.69. The van der Waals surface area contributed by atoms with E-state index in [1.54, 1.807) is 12.3 Å². The number of ketones is 1. The van der Waals surface area contributed by atoms with Gasteiger partial charge in [-0.15, -0.1) is 0 Å². The number of Topliss-reactive ketones (excluding diaryl/α,β-unsaturated/α-hetero) is 1. The number of hydrogen-bond donors (Lipinski definition) is 2. The van der Waals surface area contributed by atoms with Gasteiger partial charge in [0.15, 0.2) is 5.78 Å². The molecule has 0 radical (unpaired) electrons. The second-order valence-electron chi connectivity index (χ2n) is 5.05. The molecule has 4 heteroatoms. The highest BCUT2D eigenvalue weighted by Crippen LogP contribution is 2.23. The molecule has 0 spiro atoms. The van der Waals surface area contributed by atoms with E-state index in [0.717, 1.165) is 36.2 Å². The van der Waals surface area contributed by atoms with Gasteiger partial charge in [-0.2, -0.15) is 0 Å². The predicted molar refractivity (Wildman–Crippen MR) is 79.9 cm³/mol. The number of aryl methyl sites for hydroxylation is 1. The fourth-order valence-electron chi connectivity index (χ4n) is 2.52. The Morgan fingerprint density at radius 3 is 3.10 bits per heavy atom. The Kier molecular flexibility index (Phi) is 3.37. The van der Waals surface area contributed by atoms with Gasteiger partial charge in [0, 0.05) is 36.0 Å². The predicted octanol–water partition coefficient (Wildman–Crippen LogP) is 2.45. The zero-order valence-corrected chi connectivity index (χ0v) is 11.2. The Labute approximate surface area is 118 Å². The largest absolute Gasteiger partial charge is 0.385 e. The van der Waals surface area contributed by atoms with Crippen LogP contribution in [-0.2, 0) is 12.8 Å². The van der Waals surface area contributed by atoms with Gasteiger partial charge in [-0.25, -0.2) is 4.98 Å². The maximum atomic E-state index is 12.3. The molecular weight excluding hydrogens is 250 g/mol. The van der Waals surface area contributed by atoms with Crippen molar-refractivity contribution >= 4 is 17.3 Å². The fraction of sp³-hybridized carbons (Fsp3) is 0.250. The number of rotatable bonds is 3. The summed E-state index contributed by atoms with van der Waals surface area (Å²) in [5.74, 6) is 0.513. The standard InChI is InChI=1S/C16H17N3O/c17-16-13(4-2-8-19-16)10-15(20)12-5-6-14-11(9-12)3-1-7-18-14/h2,4-6,8-9,18H,1,3,7,10H2,(H2,17,19). The molecule has 2 heterocycles. The lowest BCUT2D eigenvalue weighted by molar-refractivity contribution is 0.0993. The second kappa shape index (κ2) is 5.33. The number of anilines is 2. The smallest absolute Gasteiger partial charge is 0.167 e. The van der Waals surface area contributed by atoms with E-state index in [4.69, 9.17) is 5.73 Å². The topological polar surface area (TPSA) is 68.0 Å². The first-order valence-corrected chi connectivity index (χ1v) is 6.83. The summed E-state index contributed by atoms with van der Waals surface area (Å²) in [6.45, 7) is 1.01. The van der Waals surface area contributed by atoms with Gasteiger partial charge >= 0.3 is 0 Å². The number of nitrogen functional groups attached to an aromatic ring is 1. The molecule has 0 saturated carbocycles. The maximum Gasteiger partial charge on any atom is 0.167 e. The maximum absolute atomic E-state index is 12.3. The van der Waals surface area contributed by atoms with Gasteiger partial charge in [0.2, 0.25) is 0 Å². The quantitative estimate of drug-likeness (QED) is 0.838. The first-order valence-electron chi connectivity index (χ1n) is 6.83. The number of carbonyl (C=O) groups excluding carboxylic acids is 1. The van der Waals surface area contributed by atoms with Crippen LogP contribution in [-0.4, -0.2) is 17.3 Å². The minimum atomic E-state index is 0.0815. The second-order valence-corrected chi connectivity index (χ2v) is 5.05. The molecule has 1 aliphatic heterocycles. The number of nitrogens with one attached hydrogen (secondary N) is 1. The summed E-state index contributed by atoms with van der Waals surface area (Å²) in [7, 11) is 0. The number of benzene rings is 1. The molecule has 1 aromatic carbocycles. The third-order valence-corrected chi connectivity index (χ3v) is 3.64. The SMILES string of the molecule is Nc1ncccc1CC(=O)c1ccc2c(c1)CCCN2. The molecule has 20 heavy (non-hydrogen) atoms. The van der Waals surface area contributed by atoms with Crippen LogP contribution < -0.4 is 11.1 Å². The van der Waals surface area contributed by atoms with Crippen LogP contribution in [0.4, 0.5) is 11.5 Å². The summed E-state index contributed by atoms with van der Waals surface area (Å²) in [6.07, 6.45) is 4.07. The molecule has 0 aliphatic carbocycles. The zero-order valence-electron chi connectivity index (χ0n) is 11.2. The number of carbonyl (C=O) groups is 1. The third kappa shape index (κ3) is 2.50. The van der Waals surface area contributed by atoms with Crippen molar-refractivity contribution in [1.82, 2.24) is 4.98 Å². The molecule has 0 atom stereocenters. The van der Waals surface area contributed by atoms with E-state index in [9.17, 15) is 4.79 Å². The first kappa shape index (κ1) is 12.7. The first-order chi connectivity index (χ1) is 9.74. The molecule has 0 saturated heterocycles. The van der Waals surface area contributed by atoms with Crippen molar-refractivity contribution in [2.45, 2.75) is 19.3 Å². The number of hydrogen-bond acceptors (Lipinski definition) is 4. The number of nitrogens with zero attached hydrogens (tertiary/aromatic N) is 1. The van der Waals surface area contributed by atoms with Crippen molar-refractivity contribution in [3.05, 3.63) is 53.2 Å². The molecule has 4 nitrogen and oxygen atoms in total. The van der Waals surface area contributed by atoms with E-state index in [-0.39, 0.29) is 5.78 Å². The lowest BCUT2D eigenvalue weighted by Crippen LogP contribution is -2.13. The molecule has 102 valence electrons. The van der Waals surface area contributed by atoms with Crippen LogP contribution in [0.25, 0.3) is 0 Å². The minimum Gasteiger partial charge on any atom is -0.385 e. The van der Waals surface area contributed by atoms with Crippen molar-refractivity contribution in [3.8, 4) is 0 Å². The Bertz CT molecular complexity index is 652. The van der Waals surface area contributed by atoms with Crippen molar-refractivity contribution < 1.29 is 4.79 Å². The lowest BCUT2D eigenvalue weighted by Gasteiger charge is -2.18. The molecule has 0 bridgehead atoms. The molecule has 3 N–H and O–H groups in total. The number of aromatic nitrogens is 1. The average Bonchev–Trinajstić information content (AvgIpc) is 2.49. The van der Waals surface area contributed by atoms with Gasteiger partial charge in [0.25, 0.3) is 0 Å². The van der Waals surface area contributed by atoms with Crippen LogP contribution in [0.5, 0.6) is 0 Å². The Morgan fingerprint density at radius 1 is 1.35 bits per heavy atom. The van der Waals surface area contributed by atoms with E-state index in [1.165, 1.54) is 5.56 Å².